The van der Waals surface area contributed by atoms with Gasteiger partial charge >= 0.3 is 0 Å². The molecule has 272 valence electrons. The van der Waals surface area contributed by atoms with E-state index in [1.807, 2.05) is 30.5 Å². The SMILES string of the molecule is Cc1sc2c(c1C)C(c1ccc(Cl)cc1)=N[C@H](CC(=O)NCCNC(=O)COc1cccc3c1C(=O)N(C1CCC(=O)NC1=O)C3=O)c1nnc(C)n1-2. The highest BCUT2D eigenvalue weighted by Crippen LogP contribution is 2.40. The molecule has 3 aliphatic rings. The molecule has 17 heteroatoms. The molecular weight excluding hydrogens is 724 g/mol. The molecule has 0 aliphatic carbocycles. The van der Waals surface area contributed by atoms with Crippen LogP contribution in [0.25, 0.3) is 5.00 Å². The Morgan fingerprint density at radius 2 is 1.70 bits per heavy atom. The summed E-state index contributed by atoms with van der Waals surface area (Å²) in [5.74, 6) is -2.25. The van der Waals surface area contributed by atoms with Crippen molar-refractivity contribution < 1.29 is 33.5 Å². The molecule has 1 unspecified atom stereocenters. The Balaban J connectivity index is 0.968. The lowest BCUT2D eigenvalue weighted by Gasteiger charge is -2.27. The summed E-state index contributed by atoms with van der Waals surface area (Å²) in [5.41, 5.74) is 3.59. The van der Waals surface area contributed by atoms with E-state index in [-0.39, 0.29) is 55.1 Å². The number of hydrogen-bond donors (Lipinski definition) is 3. The normalized spacial score (nSPS) is 17.7. The zero-order valence-corrected chi connectivity index (χ0v) is 30.4. The van der Waals surface area contributed by atoms with Gasteiger partial charge in [0.2, 0.25) is 17.7 Å². The van der Waals surface area contributed by atoms with Crippen molar-refractivity contribution in [3.63, 3.8) is 0 Å². The van der Waals surface area contributed by atoms with Gasteiger partial charge in [-0.1, -0.05) is 29.8 Å². The maximum absolute atomic E-state index is 13.3. The van der Waals surface area contributed by atoms with Gasteiger partial charge < -0.3 is 15.4 Å². The van der Waals surface area contributed by atoms with Crippen LogP contribution in [0.3, 0.4) is 0 Å². The minimum Gasteiger partial charge on any atom is -0.483 e. The van der Waals surface area contributed by atoms with E-state index in [1.165, 1.54) is 18.2 Å². The first kappa shape index (κ1) is 35.7. The first-order valence-electron chi connectivity index (χ1n) is 16.8. The van der Waals surface area contributed by atoms with Crippen molar-refractivity contribution in [1.29, 1.82) is 0 Å². The van der Waals surface area contributed by atoms with Crippen molar-refractivity contribution in [3.05, 3.63) is 91.8 Å². The van der Waals surface area contributed by atoms with Crippen LogP contribution in [-0.2, 0) is 19.2 Å². The maximum atomic E-state index is 13.3. The number of carbonyl (C=O) groups excluding carboxylic acids is 6. The number of benzene rings is 2. The fourth-order valence-corrected chi connectivity index (χ4v) is 7.92. The van der Waals surface area contributed by atoms with E-state index in [4.69, 9.17) is 21.3 Å². The van der Waals surface area contributed by atoms with Crippen molar-refractivity contribution >= 4 is 64.1 Å². The van der Waals surface area contributed by atoms with Crippen LogP contribution in [0.4, 0.5) is 0 Å². The summed E-state index contributed by atoms with van der Waals surface area (Å²) in [7, 11) is 0. The summed E-state index contributed by atoms with van der Waals surface area (Å²) >= 11 is 7.81. The van der Waals surface area contributed by atoms with Crippen LogP contribution >= 0.6 is 22.9 Å². The van der Waals surface area contributed by atoms with E-state index in [9.17, 15) is 28.8 Å². The molecule has 1 fully saturated rings. The summed E-state index contributed by atoms with van der Waals surface area (Å²) in [6.45, 7) is 5.67. The summed E-state index contributed by atoms with van der Waals surface area (Å²) in [4.78, 5) is 83.3. The number of fused-ring (bicyclic) bond motifs is 4. The van der Waals surface area contributed by atoms with Crippen LogP contribution in [0, 0.1) is 20.8 Å². The van der Waals surface area contributed by atoms with Crippen molar-refractivity contribution in [2.24, 2.45) is 4.99 Å². The highest BCUT2D eigenvalue weighted by molar-refractivity contribution is 7.15. The lowest BCUT2D eigenvalue weighted by Crippen LogP contribution is -2.54. The molecular formula is C36H33ClN8O7S. The fourth-order valence-electron chi connectivity index (χ4n) is 6.58. The molecule has 2 atom stereocenters. The Morgan fingerprint density at radius 3 is 2.43 bits per heavy atom. The molecule has 3 N–H and O–H groups in total. The Kier molecular flexibility index (Phi) is 9.65. The van der Waals surface area contributed by atoms with Crippen molar-refractivity contribution in [2.45, 2.75) is 52.1 Å². The first-order valence-corrected chi connectivity index (χ1v) is 18.0. The molecule has 2 aromatic carbocycles. The van der Waals surface area contributed by atoms with Gasteiger partial charge in [0.15, 0.2) is 12.4 Å². The van der Waals surface area contributed by atoms with Crippen LogP contribution < -0.4 is 20.7 Å². The molecule has 15 nitrogen and oxygen atoms in total. The molecule has 3 aliphatic heterocycles. The van der Waals surface area contributed by atoms with E-state index >= 15 is 0 Å². The van der Waals surface area contributed by atoms with Crippen LogP contribution in [0.2, 0.25) is 5.02 Å². The molecule has 4 aromatic rings. The number of nitrogens with zero attached hydrogens (tertiary/aromatic N) is 5. The Morgan fingerprint density at radius 1 is 0.962 bits per heavy atom. The van der Waals surface area contributed by atoms with Crippen molar-refractivity contribution in [2.75, 3.05) is 19.7 Å². The van der Waals surface area contributed by atoms with Crippen molar-refractivity contribution in [3.8, 4) is 10.8 Å². The number of halogens is 1. The number of aryl methyl sites for hydroxylation is 2. The number of hydrogen-bond acceptors (Lipinski definition) is 11. The fraction of sp³-hybridized carbons (Fsp3) is 0.306. The molecule has 0 bridgehead atoms. The first-order chi connectivity index (χ1) is 25.4. The van der Waals surface area contributed by atoms with Crippen LogP contribution in [0.1, 0.15) is 79.2 Å². The highest BCUT2D eigenvalue weighted by atomic mass is 35.5. The number of piperidine rings is 1. The van der Waals surface area contributed by atoms with E-state index < -0.39 is 48.2 Å². The molecule has 6 amide bonds. The van der Waals surface area contributed by atoms with Crippen LogP contribution in [0.15, 0.2) is 47.5 Å². The monoisotopic (exact) mass is 756 g/mol. The van der Waals surface area contributed by atoms with E-state index in [1.54, 1.807) is 23.5 Å². The average molecular weight is 757 g/mol. The second-order valence-corrected chi connectivity index (χ2v) is 14.4. The van der Waals surface area contributed by atoms with Gasteiger partial charge in [-0.3, -0.25) is 48.5 Å². The van der Waals surface area contributed by atoms with Crippen molar-refractivity contribution in [1.82, 2.24) is 35.6 Å². The molecule has 7 rings (SSSR count). The summed E-state index contributed by atoms with van der Waals surface area (Å²) < 4.78 is 7.59. The minimum atomic E-state index is -1.13. The standard InChI is InChI=1S/C36H33ClN8O7S/c1-17-18(2)53-36-29(17)31(20-7-9-21(37)10-8-20)40-23(32-43-42-19(3)44(32)36)15-27(47)38-13-14-39-28(48)16-52-25-6-4-5-22-30(25)35(51)45(34(22)50)24-11-12-26(46)41-33(24)49/h4-10,23-24H,11-16H2,1-3H3,(H,38,47)(H,39,48)(H,41,46,49)/t23-,24?/m1/s1. The van der Waals surface area contributed by atoms with Crippen LogP contribution in [-0.4, -0.2) is 86.6 Å². The average Bonchev–Trinajstić information content (AvgIpc) is 3.70. The number of aliphatic imine (C=N–C) groups is 1. The predicted octanol–water partition coefficient (Wildman–Crippen LogP) is 2.90. The lowest BCUT2D eigenvalue weighted by molar-refractivity contribution is -0.136. The summed E-state index contributed by atoms with van der Waals surface area (Å²) in [6.07, 6.45) is -0.0210. The molecule has 2 aromatic heterocycles. The number of imide groups is 2. The highest BCUT2D eigenvalue weighted by Gasteiger charge is 2.46. The number of carbonyl (C=O) groups is 6. The number of nitrogens with one attached hydrogen (secondary N) is 3. The van der Waals surface area contributed by atoms with Gasteiger partial charge in [-0.15, -0.1) is 21.5 Å². The van der Waals surface area contributed by atoms with Crippen LogP contribution in [0.5, 0.6) is 5.75 Å². The Bertz CT molecular complexity index is 2250. The molecule has 0 radical (unpaired) electrons. The van der Waals surface area contributed by atoms with Gasteiger partial charge in [0.05, 0.1) is 23.3 Å². The Labute approximate surface area is 311 Å². The van der Waals surface area contributed by atoms with Gasteiger partial charge in [-0.05, 0) is 57.0 Å². The molecule has 53 heavy (non-hydrogen) atoms. The molecule has 1 saturated heterocycles. The largest absolute Gasteiger partial charge is 0.483 e. The third kappa shape index (κ3) is 6.70. The third-order valence-electron chi connectivity index (χ3n) is 9.29. The maximum Gasteiger partial charge on any atom is 0.266 e. The molecule has 0 saturated carbocycles. The number of thiophene rings is 1. The third-order valence-corrected chi connectivity index (χ3v) is 10.7. The van der Waals surface area contributed by atoms with Gasteiger partial charge in [0.1, 0.15) is 28.7 Å². The summed E-state index contributed by atoms with van der Waals surface area (Å²) in [6, 6.07) is 10.0. The number of amides is 6. The van der Waals surface area contributed by atoms with Gasteiger partial charge in [0.25, 0.3) is 17.7 Å². The zero-order valence-electron chi connectivity index (χ0n) is 28.8. The van der Waals surface area contributed by atoms with Gasteiger partial charge in [-0.2, -0.15) is 0 Å². The van der Waals surface area contributed by atoms with E-state index in [0.29, 0.717) is 16.7 Å². The second-order valence-electron chi connectivity index (χ2n) is 12.7. The zero-order chi connectivity index (χ0) is 37.6. The number of rotatable bonds is 10. The number of aromatic nitrogens is 3. The Hall–Kier alpha value is -5.74. The molecule has 5 heterocycles. The van der Waals surface area contributed by atoms with E-state index in [0.717, 1.165) is 37.2 Å². The predicted molar refractivity (Wildman–Crippen MR) is 193 cm³/mol. The topological polar surface area (TPSA) is 194 Å². The molecule has 0 spiro atoms. The van der Waals surface area contributed by atoms with Gasteiger partial charge in [0, 0.05) is 40.5 Å². The second kappa shape index (κ2) is 14.4. The lowest BCUT2D eigenvalue weighted by atomic mass is 9.99. The smallest absolute Gasteiger partial charge is 0.266 e. The minimum absolute atomic E-state index is 0.00354. The number of ether oxygens (including phenoxy) is 1. The summed E-state index contributed by atoms with van der Waals surface area (Å²) in [5, 5.41) is 17.9. The quantitative estimate of drug-likeness (QED) is 0.161. The van der Waals surface area contributed by atoms with Gasteiger partial charge in [-0.25, -0.2) is 0 Å². The van der Waals surface area contributed by atoms with E-state index in [2.05, 4.69) is 33.1 Å².